The van der Waals surface area contributed by atoms with Crippen molar-refractivity contribution in [3.8, 4) is 0 Å². The number of nitrogen functional groups attached to an aromatic ring is 1. The van der Waals surface area contributed by atoms with E-state index in [0.717, 1.165) is 0 Å². The fourth-order valence-electron chi connectivity index (χ4n) is 1.61. The summed E-state index contributed by atoms with van der Waals surface area (Å²) in [5.41, 5.74) is 5.28. The summed E-state index contributed by atoms with van der Waals surface area (Å²) >= 11 is 0. The van der Waals surface area contributed by atoms with Gasteiger partial charge in [0.15, 0.2) is 9.84 Å². The van der Waals surface area contributed by atoms with Gasteiger partial charge < -0.3 is 15.1 Å². The van der Waals surface area contributed by atoms with E-state index in [1.165, 1.54) is 0 Å². The van der Waals surface area contributed by atoms with Crippen molar-refractivity contribution in [1.82, 2.24) is 10.2 Å². The molecule has 7 nitrogen and oxygen atoms in total. The number of hydrogen-bond acceptors (Lipinski definition) is 7. The molecule has 0 radical (unpaired) electrons. The molecular weight excluding hydrogens is 220 g/mol. The monoisotopic (exact) mass is 232 g/mol. The van der Waals surface area contributed by atoms with Gasteiger partial charge in [-0.05, 0) is 6.42 Å². The lowest BCUT2D eigenvalue weighted by Gasteiger charge is -2.20. The SMILES string of the molecule is CN(c1nnc(N)o1)C1CCS(=O)(=O)C1. The molecule has 8 heteroatoms. The van der Waals surface area contributed by atoms with E-state index in [1.807, 2.05) is 0 Å². The maximum atomic E-state index is 11.3. The second kappa shape index (κ2) is 3.37. The number of rotatable bonds is 2. The third-order valence-corrected chi connectivity index (χ3v) is 4.24. The van der Waals surface area contributed by atoms with Crippen LogP contribution < -0.4 is 10.6 Å². The van der Waals surface area contributed by atoms with Crippen molar-refractivity contribution in [2.24, 2.45) is 0 Å². The van der Waals surface area contributed by atoms with E-state index < -0.39 is 9.84 Å². The van der Waals surface area contributed by atoms with E-state index in [2.05, 4.69) is 10.2 Å². The zero-order valence-electron chi connectivity index (χ0n) is 8.25. The molecule has 15 heavy (non-hydrogen) atoms. The Morgan fingerprint density at radius 1 is 1.53 bits per heavy atom. The molecule has 1 aromatic heterocycles. The zero-order chi connectivity index (χ0) is 11.1. The summed E-state index contributed by atoms with van der Waals surface area (Å²) in [5.74, 6) is 0.345. The first-order valence-corrected chi connectivity index (χ1v) is 6.32. The van der Waals surface area contributed by atoms with E-state index in [0.29, 0.717) is 6.42 Å². The number of nitrogens with zero attached hydrogens (tertiary/aromatic N) is 3. The van der Waals surface area contributed by atoms with Gasteiger partial charge in [0.25, 0.3) is 0 Å². The molecule has 0 aliphatic carbocycles. The lowest BCUT2D eigenvalue weighted by molar-refractivity contribution is 0.534. The minimum absolute atomic E-state index is 0.0160. The van der Waals surface area contributed by atoms with Gasteiger partial charge in [0.1, 0.15) is 0 Å². The highest BCUT2D eigenvalue weighted by atomic mass is 32.2. The Morgan fingerprint density at radius 2 is 2.27 bits per heavy atom. The molecule has 1 unspecified atom stereocenters. The zero-order valence-corrected chi connectivity index (χ0v) is 9.07. The van der Waals surface area contributed by atoms with Crippen molar-refractivity contribution in [3.63, 3.8) is 0 Å². The van der Waals surface area contributed by atoms with Crippen molar-refractivity contribution < 1.29 is 12.8 Å². The Labute approximate surface area is 87.2 Å². The van der Waals surface area contributed by atoms with E-state index in [4.69, 9.17) is 10.2 Å². The molecule has 0 amide bonds. The van der Waals surface area contributed by atoms with Crippen LogP contribution in [-0.2, 0) is 9.84 Å². The standard InChI is InChI=1S/C7H12N4O3S/c1-11(7-10-9-6(8)14-7)5-2-3-15(12,13)4-5/h5H,2-4H2,1H3,(H2,8,9). The van der Waals surface area contributed by atoms with Gasteiger partial charge in [-0.2, -0.15) is 0 Å². The fourth-order valence-corrected chi connectivity index (χ4v) is 3.38. The second-order valence-corrected chi connectivity index (χ2v) is 5.82. The van der Waals surface area contributed by atoms with E-state index in [1.54, 1.807) is 11.9 Å². The van der Waals surface area contributed by atoms with Crippen molar-refractivity contribution in [1.29, 1.82) is 0 Å². The van der Waals surface area contributed by atoms with Crippen LogP contribution in [0.1, 0.15) is 6.42 Å². The lowest BCUT2D eigenvalue weighted by atomic mass is 10.2. The number of hydrogen-bond donors (Lipinski definition) is 1. The molecule has 0 saturated carbocycles. The molecule has 1 atom stereocenters. The molecule has 2 heterocycles. The predicted molar refractivity (Wildman–Crippen MR) is 54.2 cm³/mol. The predicted octanol–water partition coefficient (Wildman–Crippen LogP) is -0.725. The van der Waals surface area contributed by atoms with Gasteiger partial charge >= 0.3 is 12.0 Å². The molecule has 2 N–H and O–H groups in total. The highest BCUT2D eigenvalue weighted by Gasteiger charge is 2.32. The summed E-state index contributed by atoms with van der Waals surface area (Å²) in [6.45, 7) is 0. The minimum atomic E-state index is -2.90. The average molecular weight is 232 g/mol. The number of sulfone groups is 1. The molecule has 1 aliphatic heterocycles. The molecule has 0 spiro atoms. The normalized spacial score (nSPS) is 24.2. The topological polar surface area (TPSA) is 102 Å². The summed E-state index contributed by atoms with van der Waals surface area (Å²) in [6.07, 6.45) is 0.584. The number of aromatic nitrogens is 2. The van der Waals surface area contributed by atoms with E-state index >= 15 is 0 Å². The van der Waals surface area contributed by atoms with Crippen molar-refractivity contribution >= 4 is 21.9 Å². The maximum Gasteiger partial charge on any atom is 0.319 e. The van der Waals surface area contributed by atoms with Crippen LogP contribution in [-0.4, -0.2) is 43.2 Å². The van der Waals surface area contributed by atoms with E-state index in [9.17, 15) is 8.42 Å². The summed E-state index contributed by atoms with van der Waals surface area (Å²) in [4.78, 5) is 1.66. The quantitative estimate of drug-likeness (QED) is 0.717. The van der Waals surface area contributed by atoms with Crippen molar-refractivity contribution in [3.05, 3.63) is 0 Å². The molecule has 0 bridgehead atoms. The molecule has 0 aromatic carbocycles. The Kier molecular flexibility index (Phi) is 2.29. The van der Waals surface area contributed by atoms with Gasteiger partial charge in [0.05, 0.1) is 11.5 Å². The van der Waals surface area contributed by atoms with Gasteiger partial charge in [-0.25, -0.2) is 8.42 Å². The summed E-state index contributed by atoms with van der Waals surface area (Å²) < 4.78 is 27.5. The molecule has 1 fully saturated rings. The second-order valence-electron chi connectivity index (χ2n) is 3.59. The Balaban J connectivity index is 2.13. The molecule has 1 saturated heterocycles. The van der Waals surface area contributed by atoms with Crippen LogP contribution in [0, 0.1) is 0 Å². The third-order valence-electron chi connectivity index (χ3n) is 2.49. The first kappa shape index (κ1) is 10.2. The summed E-state index contributed by atoms with van der Waals surface area (Å²) in [6, 6.07) is 0.141. The highest BCUT2D eigenvalue weighted by Crippen LogP contribution is 2.21. The first-order valence-electron chi connectivity index (χ1n) is 4.50. The smallest absolute Gasteiger partial charge is 0.319 e. The third kappa shape index (κ3) is 2.04. The summed E-state index contributed by atoms with van der Waals surface area (Å²) in [5, 5.41) is 7.21. The van der Waals surface area contributed by atoms with Gasteiger partial charge in [-0.3, -0.25) is 0 Å². The fraction of sp³-hybridized carbons (Fsp3) is 0.714. The molecule has 2 rings (SSSR count). The average Bonchev–Trinajstić information content (AvgIpc) is 2.71. The largest absolute Gasteiger partial charge is 0.390 e. The Morgan fingerprint density at radius 3 is 2.73 bits per heavy atom. The maximum absolute atomic E-state index is 11.3. The highest BCUT2D eigenvalue weighted by molar-refractivity contribution is 7.91. The van der Waals surface area contributed by atoms with Gasteiger partial charge in [-0.1, -0.05) is 10.2 Å². The Hall–Kier alpha value is -1.31. The van der Waals surface area contributed by atoms with Crippen LogP contribution in [0.15, 0.2) is 4.42 Å². The van der Waals surface area contributed by atoms with Gasteiger partial charge in [-0.15, -0.1) is 0 Å². The number of anilines is 2. The summed E-state index contributed by atoms with van der Waals surface area (Å²) in [7, 11) is -1.18. The van der Waals surface area contributed by atoms with Gasteiger partial charge in [0.2, 0.25) is 0 Å². The minimum Gasteiger partial charge on any atom is -0.390 e. The van der Waals surface area contributed by atoms with Gasteiger partial charge in [0, 0.05) is 13.1 Å². The lowest BCUT2D eigenvalue weighted by Crippen LogP contribution is -2.32. The number of nitrogens with two attached hydrogens (primary N) is 1. The van der Waals surface area contributed by atoms with Crippen molar-refractivity contribution in [2.75, 3.05) is 29.2 Å². The van der Waals surface area contributed by atoms with Crippen LogP contribution in [0.3, 0.4) is 0 Å². The molecular formula is C7H12N4O3S. The van der Waals surface area contributed by atoms with Crippen LogP contribution in [0.25, 0.3) is 0 Å². The molecule has 1 aromatic rings. The van der Waals surface area contributed by atoms with Crippen molar-refractivity contribution in [2.45, 2.75) is 12.5 Å². The molecule has 84 valence electrons. The Bertz CT molecular complexity index is 455. The first-order chi connectivity index (χ1) is 6.98. The van der Waals surface area contributed by atoms with Crippen LogP contribution >= 0.6 is 0 Å². The van der Waals surface area contributed by atoms with Crippen LogP contribution in [0.5, 0.6) is 0 Å². The van der Waals surface area contributed by atoms with Crippen LogP contribution in [0.4, 0.5) is 12.0 Å². The van der Waals surface area contributed by atoms with Crippen LogP contribution in [0.2, 0.25) is 0 Å². The molecule has 1 aliphatic rings. The van der Waals surface area contributed by atoms with E-state index in [-0.39, 0.29) is 29.6 Å².